The third kappa shape index (κ3) is 53.3. The van der Waals surface area contributed by atoms with Gasteiger partial charge >= 0.3 is 23.9 Å². The van der Waals surface area contributed by atoms with Gasteiger partial charge in [0.2, 0.25) is 0 Å². The number of aliphatic carboxylic acids is 4. The van der Waals surface area contributed by atoms with Crippen LogP contribution in [-0.4, -0.2) is 79.4 Å². The Kier molecular flexibility index (Phi) is 43.1. The van der Waals surface area contributed by atoms with E-state index in [-0.39, 0.29) is 36.5 Å². The standard InChI is InChI=1S/C18H34O2.C5H12O3.3C4H6O2/c1-2-3-4-5-6-7-8-9-10-11-12-13-14-15-16-17-18(19)20;1-5(2-6,3-7)4-8;3*1-3(2)4(5)6/h9-10H,2-8,11-17H2,1H3,(H,19,20);6-8H,2-4H2,1H3;3*1H2,2H3,(H,5,6)/b10-9-;;;;. The number of carboxylic acids is 4. The summed E-state index contributed by atoms with van der Waals surface area (Å²) < 4.78 is 0. The Morgan fingerprint density at radius 1 is 0.543 bits per heavy atom. The number of hydrogen-bond acceptors (Lipinski definition) is 7. The van der Waals surface area contributed by atoms with Crippen LogP contribution in [0.5, 0.6) is 0 Å². The molecule has 0 spiro atoms. The summed E-state index contributed by atoms with van der Waals surface area (Å²) >= 11 is 0. The van der Waals surface area contributed by atoms with Crippen molar-refractivity contribution in [3.8, 4) is 0 Å². The first-order valence-corrected chi connectivity index (χ1v) is 15.7. The van der Waals surface area contributed by atoms with Crippen LogP contribution in [0.2, 0.25) is 0 Å². The molecule has 0 aliphatic carbocycles. The maximum atomic E-state index is 10.3. The van der Waals surface area contributed by atoms with Gasteiger partial charge in [0.15, 0.2) is 0 Å². The van der Waals surface area contributed by atoms with Crippen molar-refractivity contribution in [3.63, 3.8) is 0 Å². The SMILES string of the molecule is C=C(C)C(=O)O.C=C(C)C(=O)O.C=C(C)C(=O)O.CC(CO)(CO)CO.CCCCCCCC/C=C\CCCCCCCC(=O)O. The Hall–Kier alpha value is -3.28. The fourth-order valence-corrected chi connectivity index (χ4v) is 2.50. The summed E-state index contributed by atoms with van der Waals surface area (Å²) in [6, 6.07) is 0. The molecular formula is C35H64O11. The molecule has 0 aromatic carbocycles. The third-order valence-electron chi connectivity index (χ3n) is 5.89. The Morgan fingerprint density at radius 2 is 0.804 bits per heavy atom. The third-order valence-corrected chi connectivity index (χ3v) is 5.89. The van der Waals surface area contributed by atoms with Gasteiger partial charge in [-0.1, -0.05) is 97.1 Å². The fraction of sp³-hybridized carbons (Fsp3) is 0.657. The molecule has 270 valence electrons. The van der Waals surface area contributed by atoms with Crippen LogP contribution in [0.3, 0.4) is 0 Å². The van der Waals surface area contributed by atoms with Gasteiger partial charge in [0.1, 0.15) is 0 Å². The van der Waals surface area contributed by atoms with Crippen LogP contribution in [0.15, 0.2) is 48.6 Å². The summed E-state index contributed by atoms with van der Waals surface area (Å²) in [7, 11) is 0. The first-order chi connectivity index (χ1) is 21.4. The number of rotatable bonds is 21. The lowest BCUT2D eigenvalue weighted by Crippen LogP contribution is -2.29. The normalized spacial score (nSPS) is 9.91. The van der Waals surface area contributed by atoms with Gasteiger partial charge in [0.05, 0.1) is 19.8 Å². The minimum absolute atomic E-state index is 0.176. The van der Waals surface area contributed by atoms with Crippen molar-refractivity contribution in [1.29, 1.82) is 0 Å². The first kappa shape index (κ1) is 52.3. The topological polar surface area (TPSA) is 210 Å². The van der Waals surface area contributed by atoms with Crippen LogP contribution in [0.1, 0.15) is 125 Å². The lowest BCUT2D eigenvalue weighted by atomic mass is 9.95. The molecule has 0 amide bonds. The molecule has 0 aromatic heterocycles. The van der Waals surface area contributed by atoms with Gasteiger partial charge in [-0.25, -0.2) is 14.4 Å². The van der Waals surface area contributed by atoms with E-state index in [1.165, 1.54) is 91.4 Å². The minimum Gasteiger partial charge on any atom is -0.481 e. The highest BCUT2D eigenvalue weighted by atomic mass is 16.4. The zero-order chi connectivity index (χ0) is 37.0. The molecule has 0 saturated heterocycles. The maximum absolute atomic E-state index is 10.3. The first-order valence-electron chi connectivity index (χ1n) is 15.7. The van der Waals surface area contributed by atoms with Gasteiger partial charge in [0.25, 0.3) is 0 Å². The molecule has 7 N–H and O–H groups in total. The molecule has 0 aromatic rings. The van der Waals surface area contributed by atoms with Crippen molar-refractivity contribution in [2.24, 2.45) is 5.41 Å². The molecular weight excluding hydrogens is 596 g/mol. The number of hydrogen-bond donors (Lipinski definition) is 7. The second-order valence-corrected chi connectivity index (χ2v) is 11.3. The van der Waals surface area contributed by atoms with Crippen molar-refractivity contribution < 1.29 is 54.9 Å². The molecule has 0 atom stereocenters. The second kappa shape index (κ2) is 37.9. The molecule has 11 nitrogen and oxygen atoms in total. The van der Waals surface area contributed by atoms with E-state index >= 15 is 0 Å². The molecule has 0 heterocycles. The van der Waals surface area contributed by atoms with E-state index in [0.717, 1.165) is 12.8 Å². The number of aliphatic hydroxyl groups excluding tert-OH is 3. The Balaban J connectivity index is -0.000000176. The summed E-state index contributed by atoms with van der Waals surface area (Å²) in [5.74, 6) is -3.47. The van der Waals surface area contributed by atoms with Gasteiger partial charge in [-0.3, -0.25) is 4.79 Å². The molecule has 0 unspecified atom stereocenters. The highest BCUT2D eigenvalue weighted by molar-refractivity contribution is 5.85. The summed E-state index contributed by atoms with van der Waals surface area (Å²) in [5.41, 5.74) is -0.181. The zero-order valence-electron chi connectivity index (χ0n) is 29.1. The van der Waals surface area contributed by atoms with E-state index in [9.17, 15) is 19.2 Å². The smallest absolute Gasteiger partial charge is 0.330 e. The quantitative estimate of drug-likeness (QED) is 0.0378. The maximum Gasteiger partial charge on any atom is 0.330 e. The monoisotopic (exact) mass is 660 g/mol. The average Bonchev–Trinajstić information content (AvgIpc) is 2.99. The molecule has 0 bridgehead atoms. The number of allylic oxidation sites excluding steroid dienone is 2. The van der Waals surface area contributed by atoms with Gasteiger partial charge in [0, 0.05) is 28.6 Å². The molecule has 11 heteroatoms. The van der Waals surface area contributed by atoms with E-state index in [1.807, 2.05) is 0 Å². The second-order valence-electron chi connectivity index (χ2n) is 11.3. The predicted octanol–water partition coefficient (Wildman–Crippen LogP) is 7.02. The summed E-state index contributed by atoms with van der Waals surface area (Å²) in [6.07, 6.45) is 21.2. The van der Waals surface area contributed by atoms with Crippen LogP contribution < -0.4 is 0 Å². The molecule has 0 rings (SSSR count). The van der Waals surface area contributed by atoms with Crippen molar-refractivity contribution in [2.75, 3.05) is 19.8 Å². The summed E-state index contributed by atoms with van der Waals surface area (Å²) in [4.78, 5) is 39.1. The lowest BCUT2D eigenvalue weighted by molar-refractivity contribution is -0.137. The molecule has 0 aliphatic heterocycles. The van der Waals surface area contributed by atoms with E-state index in [1.54, 1.807) is 6.92 Å². The van der Waals surface area contributed by atoms with E-state index < -0.39 is 29.3 Å². The van der Waals surface area contributed by atoms with Crippen molar-refractivity contribution >= 4 is 23.9 Å². The van der Waals surface area contributed by atoms with E-state index in [2.05, 4.69) is 38.8 Å². The molecule has 0 aliphatic rings. The summed E-state index contributed by atoms with van der Waals surface area (Å²) in [5, 5.41) is 57.6. The molecule has 0 radical (unpaired) electrons. The van der Waals surface area contributed by atoms with Crippen molar-refractivity contribution in [1.82, 2.24) is 0 Å². The van der Waals surface area contributed by atoms with Gasteiger partial charge in [-0.2, -0.15) is 0 Å². The minimum atomic E-state index is -0.935. The van der Waals surface area contributed by atoms with Gasteiger partial charge in [-0.05, 0) is 52.9 Å². The fourth-order valence-electron chi connectivity index (χ4n) is 2.50. The highest BCUT2D eigenvalue weighted by Gasteiger charge is 2.20. The number of carbonyl (C=O) groups is 4. The van der Waals surface area contributed by atoms with Crippen LogP contribution in [0, 0.1) is 5.41 Å². The number of unbranched alkanes of at least 4 members (excludes halogenated alkanes) is 11. The zero-order valence-corrected chi connectivity index (χ0v) is 29.1. The Morgan fingerprint density at radius 3 is 1.02 bits per heavy atom. The van der Waals surface area contributed by atoms with Crippen molar-refractivity contribution in [2.45, 2.75) is 125 Å². The highest BCUT2D eigenvalue weighted by Crippen LogP contribution is 2.11. The Bertz CT molecular complexity index is 755. The van der Waals surface area contributed by atoms with Gasteiger partial charge in [-0.15, -0.1) is 0 Å². The number of carboxylic acid groups (broad SMARTS) is 4. The summed E-state index contributed by atoms with van der Waals surface area (Å²) in [6.45, 7) is 17.1. The van der Waals surface area contributed by atoms with E-state index in [0.29, 0.717) is 6.42 Å². The van der Waals surface area contributed by atoms with Crippen molar-refractivity contribution in [3.05, 3.63) is 48.6 Å². The molecule has 46 heavy (non-hydrogen) atoms. The number of aliphatic hydroxyl groups is 3. The van der Waals surface area contributed by atoms with E-state index in [4.69, 9.17) is 35.7 Å². The molecule has 0 fully saturated rings. The Labute approximate surface area is 277 Å². The van der Waals surface area contributed by atoms with Crippen LogP contribution >= 0.6 is 0 Å². The predicted molar refractivity (Wildman–Crippen MR) is 184 cm³/mol. The van der Waals surface area contributed by atoms with Crippen LogP contribution in [0.25, 0.3) is 0 Å². The molecule has 0 saturated carbocycles. The van der Waals surface area contributed by atoms with Crippen LogP contribution in [-0.2, 0) is 19.2 Å². The van der Waals surface area contributed by atoms with Crippen LogP contribution in [0.4, 0.5) is 0 Å². The van der Waals surface area contributed by atoms with Gasteiger partial charge < -0.3 is 35.7 Å². The largest absolute Gasteiger partial charge is 0.481 e. The average molecular weight is 661 g/mol. The lowest BCUT2D eigenvalue weighted by Gasteiger charge is -2.20.